The van der Waals surface area contributed by atoms with Crippen LogP contribution in [0.15, 0.2) is 24.4 Å². The first-order chi connectivity index (χ1) is 9.81. The lowest BCUT2D eigenvalue weighted by atomic mass is 10.0. The lowest BCUT2D eigenvalue weighted by molar-refractivity contribution is -0.156. The first-order valence-electron chi connectivity index (χ1n) is 6.93. The molecule has 0 aliphatic carbocycles. The molecule has 1 aromatic carbocycles. The van der Waals surface area contributed by atoms with Crippen LogP contribution in [-0.4, -0.2) is 29.7 Å². The molecule has 2 aromatic rings. The van der Waals surface area contributed by atoms with Gasteiger partial charge < -0.3 is 20.2 Å². The lowest BCUT2D eigenvalue weighted by Gasteiger charge is -2.22. The Morgan fingerprint density at radius 1 is 1.38 bits per heavy atom. The van der Waals surface area contributed by atoms with Crippen LogP contribution in [0.3, 0.4) is 0 Å². The highest BCUT2D eigenvalue weighted by atomic mass is 16.6. The zero-order valence-electron chi connectivity index (χ0n) is 12.9. The van der Waals surface area contributed by atoms with Gasteiger partial charge in [0.25, 0.3) is 0 Å². The number of carbonyl (C=O) groups excluding carboxylic acids is 1. The number of hydrogen-bond donors (Lipinski definition) is 2. The van der Waals surface area contributed by atoms with Gasteiger partial charge in [-0.25, -0.2) is 0 Å². The maximum atomic E-state index is 12.0. The van der Waals surface area contributed by atoms with Crippen molar-refractivity contribution in [3.63, 3.8) is 0 Å². The number of carbonyl (C=O) groups is 1. The second-order valence-electron chi connectivity index (χ2n) is 6.04. The smallest absolute Gasteiger partial charge is 0.323 e. The highest BCUT2D eigenvalue weighted by molar-refractivity contribution is 5.90. The molecule has 3 N–H and O–H groups in total. The summed E-state index contributed by atoms with van der Waals surface area (Å²) in [5, 5.41) is 0.957. The minimum atomic E-state index is -0.701. The topological polar surface area (TPSA) is 77.3 Å². The number of H-pyrrole nitrogens is 1. The van der Waals surface area contributed by atoms with Gasteiger partial charge in [0.05, 0.1) is 7.11 Å². The standard InChI is InChI=1S/C16H22N2O3/c1-16(2,3)21-15(19)11(17)8-10-9-18-12-6-5-7-13(20-4)14(10)12/h5-7,9,11,18H,8,17H2,1-4H3. The number of ether oxygens (including phenoxy) is 2. The van der Waals surface area contributed by atoms with Crippen LogP contribution in [0.25, 0.3) is 10.9 Å². The van der Waals surface area contributed by atoms with Crippen molar-refractivity contribution in [2.24, 2.45) is 5.73 Å². The molecule has 1 heterocycles. The van der Waals surface area contributed by atoms with Crippen molar-refractivity contribution < 1.29 is 14.3 Å². The number of aromatic amines is 1. The van der Waals surface area contributed by atoms with Crippen molar-refractivity contribution in [1.29, 1.82) is 0 Å². The molecule has 0 aliphatic rings. The van der Waals surface area contributed by atoms with E-state index in [0.717, 1.165) is 22.2 Å². The summed E-state index contributed by atoms with van der Waals surface area (Å²) in [7, 11) is 1.62. The van der Waals surface area contributed by atoms with E-state index in [0.29, 0.717) is 6.42 Å². The van der Waals surface area contributed by atoms with Crippen LogP contribution in [0.2, 0.25) is 0 Å². The van der Waals surface area contributed by atoms with Gasteiger partial charge in [0.1, 0.15) is 17.4 Å². The number of esters is 1. The third kappa shape index (κ3) is 3.55. The lowest BCUT2D eigenvalue weighted by Crippen LogP contribution is -2.38. The summed E-state index contributed by atoms with van der Waals surface area (Å²) >= 11 is 0. The molecule has 114 valence electrons. The molecule has 0 saturated carbocycles. The van der Waals surface area contributed by atoms with Gasteiger partial charge in [-0.2, -0.15) is 0 Å². The molecule has 1 aromatic heterocycles. The van der Waals surface area contributed by atoms with E-state index in [9.17, 15) is 4.79 Å². The SMILES string of the molecule is COc1cccc2[nH]cc(CC(N)C(=O)OC(C)(C)C)c12. The molecule has 2 rings (SSSR count). The molecule has 0 radical (unpaired) electrons. The van der Waals surface area contributed by atoms with Gasteiger partial charge in [-0.05, 0) is 38.5 Å². The molecule has 5 heteroatoms. The third-order valence-corrected chi connectivity index (χ3v) is 3.12. The molecule has 5 nitrogen and oxygen atoms in total. The maximum Gasteiger partial charge on any atom is 0.323 e. The number of nitrogens with one attached hydrogen (secondary N) is 1. The van der Waals surface area contributed by atoms with Crippen LogP contribution in [0.4, 0.5) is 0 Å². The largest absolute Gasteiger partial charge is 0.496 e. The fourth-order valence-electron chi connectivity index (χ4n) is 2.25. The molecule has 0 bridgehead atoms. The summed E-state index contributed by atoms with van der Waals surface area (Å²) in [6.07, 6.45) is 2.26. The van der Waals surface area contributed by atoms with Crippen LogP contribution in [0, 0.1) is 0 Å². The first-order valence-corrected chi connectivity index (χ1v) is 6.93. The number of rotatable bonds is 4. The van der Waals surface area contributed by atoms with Gasteiger partial charge in [0.15, 0.2) is 0 Å². The second-order valence-corrected chi connectivity index (χ2v) is 6.04. The van der Waals surface area contributed by atoms with E-state index >= 15 is 0 Å². The van der Waals surface area contributed by atoms with Crippen LogP contribution in [0.1, 0.15) is 26.3 Å². The zero-order valence-corrected chi connectivity index (χ0v) is 12.9. The monoisotopic (exact) mass is 290 g/mol. The fraction of sp³-hybridized carbons (Fsp3) is 0.438. The number of benzene rings is 1. The molecule has 21 heavy (non-hydrogen) atoms. The van der Waals surface area contributed by atoms with Crippen molar-refractivity contribution in [1.82, 2.24) is 4.98 Å². The molecule has 0 spiro atoms. The minimum Gasteiger partial charge on any atom is -0.496 e. The second kappa shape index (κ2) is 5.77. The maximum absolute atomic E-state index is 12.0. The van der Waals surface area contributed by atoms with E-state index in [4.69, 9.17) is 15.2 Å². The van der Waals surface area contributed by atoms with E-state index in [2.05, 4.69) is 4.98 Å². The number of hydrogen-bond acceptors (Lipinski definition) is 4. The van der Waals surface area contributed by atoms with Crippen molar-refractivity contribution in [2.45, 2.75) is 38.8 Å². The molecular formula is C16H22N2O3. The molecule has 0 amide bonds. The number of fused-ring (bicyclic) bond motifs is 1. The predicted molar refractivity (Wildman–Crippen MR) is 82.4 cm³/mol. The van der Waals surface area contributed by atoms with E-state index in [1.54, 1.807) is 7.11 Å². The average Bonchev–Trinajstić information content (AvgIpc) is 2.80. The zero-order chi connectivity index (χ0) is 15.6. The van der Waals surface area contributed by atoms with Gasteiger partial charge in [0, 0.05) is 23.5 Å². The van der Waals surface area contributed by atoms with Crippen molar-refractivity contribution >= 4 is 16.9 Å². The van der Waals surface area contributed by atoms with Gasteiger partial charge >= 0.3 is 5.97 Å². The van der Waals surface area contributed by atoms with E-state index in [1.807, 2.05) is 45.2 Å². The molecule has 0 fully saturated rings. The van der Waals surface area contributed by atoms with Crippen molar-refractivity contribution in [2.75, 3.05) is 7.11 Å². The molecule has 1 unspecified atom stereocenters. The number of nitrogens with two attached hydrogens (primary N) is 1. The van der Waals surface area contributed by atoms with Crippen LogP contribution >= 0.6 is 0 Å². The van der Waals surface area contributed by atoms with Crippen molar-refractivity contribution in [3.05, 3.63) is 30.0 Å². The van der Waals surface area contributed by atoms with E-state index in [1.165, 1.54) is 0 Å². The van der Waals surface area contributed by atoms with Crippen LogP contribution in [0.5, 0.6) is 5.75 Å². The normalized spacial score (nSPS) is 13.2. The quantitative estimate of drug-likeness (QED) is 0.848. The molecule has 0 saturated heterocycles. The van der Waals surface area contributed by atoms with Crippen LogP contribution in [-0.2, 0) is 16.0 Å². The Morgan fingerprint density at radius 2 is 2.10 bits per heavy atom. The Hall–Kier alpha value is -2.01. The Labute approximate surface area is 124 Å². The summed E-state index contributed by atoms with van der Waals surface area (Å²) in [5.41, 5.74) is 7.34. The van der Waals surface area contributed by atoms with Gasteiger partial charge in [0.2, 0.25) is 0 Å². The first kappa shape index (κ1) is 15.4. The number of methoxy groups -OCH3 is 1. The molecular weight excluding hydrogens is 268 g/mol. The average molecular weight is 290 g/mol. The van der Waals surface area contributed by atoms with Crippen LogP contribution < -0.4 is 10.5 Å². The van der Waals surface area contributed by atoms with E-state index in [-0.39, 0.29) is 0 Å². The summed E-state index contributed by atoms with van der Waals surface area (Å²) in [6, 6.07) is 5.06. The summed E-state index contributed by atoms with van der Waals surface area (Å²) in [6.45, 7) is 5.48. The Bertz CT molecular complexity index is 640. The van der Waals surface area contributed by atoms with Gasteiger partial charge in [-0.3, -0.25) is 4.79 Å². The fourth-order valence-corrected chi connectivity index (χ4v) is 2.25. The summed E-state index contributed by atoms with van der Waals surface area (Å²) in [4.78, 5) is 15.2. The highest BCUT2D eigenvalue weighted by Gasteiger charge is 2.23. The third-order valence-electron chi connectivity index (χ3n) is 3.12. The number of aromatic nitrogens is 1. The minimum absolute atomic E-state index is 0.397. The Kier molecular flexibility index (Phi) is 4.23. The summed E-state index contributed by atoms with van der Waals surface area (Å²) in [5.74, 6) is 0.367. The Balaban J connectivity index is 2.22. The van der Waals surface area contributed by atoms with Gasteiger partial charge in [-0.1, -0.05) is 6.07 Å². The van der Waals surface area contributed by atoms with Gasteiger partial charge in [-0.15, -0.1) is 0 Å². The molecule has 0 aliphatic heterocycles. The molecule has 1 atom stereocenters. The Morgan fingerprint density at radius 3 is 2.71 bits per heavy atom. The summed E-state index contributed by atoms with van der Waals surface area (Å²) < 4.78 is 10.7. The highest BCUT2D eigenvalue weighted by Crippen LogP contribution is 2.29. The van der Waals surface area contributed by atoms with E-state index < -0.39 is 17.6 Å². The van der Waals surface area contributed by atoms with Crippen molar-refractivity contribution in [3.8, 4) is 5.75 Å². The predicted octanol–water partition coefficient (Wildman–Crippen LogP) is 2.39.